The van der Waals surface area contributed by atoms with Gasteiger partial charge in [-0.1, -0.05) is 43.3 Å². The van der Waals surface area contributed by atoms with E-state index < -0.39 is 71.4 Å². The predicted octanol–water partition coefficient (Wildman–Crippen LogP) is 11.2. The van der Waals surface area contributed by atoms with Crippen LogP contribution in [0.15, 0.2) is 118 Å². The third-order valence-electron chi connectivity index (χ3n) is 14.1. The lowest BCUT2D eigenvalue weighted by Gasteiger charge is -2.26. The second kappa shape index (κ2) is 38.4. The monoisotopic (exact) mass is 1250 g/mol. The summed E-state index contributed by atoms with van der Waals surface area (Å²) in [5, 5.41) is 0. The number of thioether (sulfide) groups is 2. The Morgan fingerprint density at radius 1 is 0.409 bits per heavy atom. The van der Waals surface area contributed by atoms with Crippen molar-refractivity contribution in [3.8, 4) is 34.5 Å². The number of ether oxygens (including phenoxy) is 12. The molecule has 0 amide bonds. The standard InChI is InChI=1S/C65H75NO20S2/c1-5-54(67)79-36-14-10-8-12-34-77-48-24-28-50(29-25-48)83-60(70)44-16-20-46(21-17-44)62(72)85-52-32-33-53(59-58(52)87-65(88-59)57(66-4)64(74)82-43-41-76-39-38-75-40-42-81-56(69)7-3)86-63(73)47-22-18-45(19-23-47)61(71)84-51-30-26-49(27-31-51)78-35-13-9-11-15-37-80-55(68)6-2/h5-7,24-33,44-47H,1-3,8-23,34-43H2. The van der Waals surface area contributed by atoms with E-state index in [1.807, 2.05) is 0 Å². The van der Waals surface area contributed by atoms with Crippen LogP contribution in [0, 0.1) is 30.2 Å². The van der Waals surface area contributed by atoms with E-state index in [1.165, 1.54) is 12.1 Å². The fourth-order valence-electron chi connectivity index (χ4n) is 9.28. The third-order valence-corrected chi connectivity index (χ3v) is 16.7. The van der Waals surface area contributed by atoms with Gasteiger partial charge >= 0.3 is 47.8 Å². The summed E-state index contributed by atoms with van der Waals surface area (Å²) >= 11 is 1.99. The molecule has 0 N–H and O–H groups in total. The molecule has 0 bridgehead atoms. The molecular weight excluding hydrogens is 1180 g/mol. The quantitative estimate of drug-likeness (QED) is 0.0130. The van der Waals surface area contributed by atoms with Crippen molar-refractivity contribution in [3.05, 3.63) is 120 Å². The van der Waals surface area contributed by atoms with Crippen LogP contribution in [0.25, 0.3) is 4.85 Å². The molecule has 472 valence electrons. The summed E-state index contributed by atoms with van der Waals surface area (Å²) in [6, 6.07) is 16.6. The van der Waals surface area contributed by atoms with Crippen molar-refractivity contribution in [1.29, 1.82) is 0 Å². The average Bonchev–Trinajstić information content (AvgIpc) is 3.21. The van der Waals surface area contributed by atoms with E-state index in [-0.39, 0.29) is 61.1 Å². The van der Waals surface area contributed by atoms with Crippen LogP contribution >= 0.6 is 23.5 Å². The first-order chi connectivity index (χ1) is 42.8. The number of carbonyl (C=O) groups is 8. The maximum Gasteiger partial charge on any atom is 0.338 e. The molecule has 1 heterocycles. The number of fused-ring (bicyclic) bond motifs is 1. The maximum absolute atomic E-state index is 13.9. The topological polar surface area (TPSA) is 252 Å². The SMILES string of the molecule is [C-]#[N+]C(C(=O)OCCOCCOCCOC(=O)C=C)=C1Sc2c(OC(=O)C3CCC(C(=O)Oc4ccc(OCCCCCCOC(=O)C=C)cc4)CC3)ccc(OC(=O)C3CCC(C(=O)Oc4ccc(OCCCCCCOC(=O)C=C)cc4)CC3)c2S1. The van der Waals surface area contributed by atoms with Crippen LogP contribution in [-0.4, -0.2) is 114 Å². The highest BCUT2D eigenvalue weighted by Gasteiger charge is 2.37. The smallest absolute Gasteiger partial charge is 0.338 e. The third kappa shape index (κ3) is 23.6. The molecule has 23 heteroatoms. The number of carbonyl (C=O) groups excluding carboxylic acids is 8. The van der Waals surface area contributed by atoms with Crippen LogP contribution in [0.3, 0.4) is 0 Å². The van der Waals surface area contributed by atoms with E-state index in [0.29, 0.717) is 111 Å². The molecule has 3 aromatic carbocycles. The molecule has 2 aliphatic carbocycles. The van der Waals surface area contributed by atoms with E-state index in [9.17, 15) is 38.4 Å². The van der Waals surface area contributed by atoms with Crippen LogP contribution in [-0.2, 0) is 66.8 Å². The molecule has 2 fully saturated rings. The lowest BCUT2D eigenvalue weighted by atomic mass is 9.82. The van der Waals surface area contributed by atoms with Crippen molar-refractivity contribution in [2.75, 3.05) is 66.1 Å². The summed E-state index contributed by atoms with van der Waals surface area (Å²) in [6.45, 7) is 20.1. The van der Waals surface area contributed by atoms with Crippen molar-refractivity contribution >= 4 is 71.3 Å². The first-order valence-electron chi connectivity index (χ1n) is 29.5. The van der Waals surface area contributed by atoms with Crippen LogP contribution in [0.1, 0.15) is 103 Å². The predicted molar refractivity (Wildman–Crippen MR) is 322 cm³/mol. The molecule has 0 spiro atoms. The lowest BCUT2D eigenvalue weighted by molar-refractivity contribution is -0.145. The van der Waals surface area contributed by atoms with Crippen molar-refractivity contribution in [1.82, 2.24) is 0 Å². The fourth-order valence-corrected chi connectivity index (χ4v) is 11.8. The number of hydrogen-bond donors (Lipinski definition) is 0. The van der Waals surface area contributed by atoms with Crippen molar-refractivity contribution in [2.45, 2.75) is 113 Å². The van der Waals surface area contributed by atoms with Crippen molar-refractivity contribution in [3.63, 3.8) is 0 Å². The van der Waals surface area contributed by atoms with E-state index >= 15 is 0 Å². The zero-order valence-corrected chi connectivity index (χ0v) is 50.9. The number of esters is 8. The maximum atomic E-state index is 13.9. The Morgan fingerprint density at radius 3 is 1.09 bits per heavy atom. The van der Waals surface area contributed by atoms with Crippen molar-refractivity contribution in [2.24, 2.45) is 23.7 Å². The van der Waals surface area contributed by atoms with E-state index in [4.69, 9.17) is 63.4 Å². The zero-order valence-electron chi connectivity index (χ0n) is 49.2. The van der Waals surface area contributed by atoms with Gasteiger partial charge in [0.2, 0.25) is 0 Å². The minimum atomic E-state index is -0.926. The summed E-state index contributed by atoms with van der Waals surface area (Å²) in [4.78, 5) is 105. The molecule has 3 aromatic rings. The Balaban J connectivity index is 0.998. The number of hydrogen-bond acceptors (Lipinski definition) is 22. The molecule has 0 unspecified atom stereocenters. The van der Waals surface area contributed by atoms with E-state index in [1.54, 1.807) is 48.5 Å². The second-order valence-electron chi connectivity index (χ2n) is 20.4. The number of nitrogens with zero attached hydrogens (tertiary/aromatic N) is 1. The van der Waals surface area contributed by atoms with Gasteiger partial charge in [0.25, 0.3) is 5.70 Å². The molecule has 3 aliphatic rings. The van der Waals surface area contributed by atoms with E-state index in [0.717, 1.165) is 93.1 Å². The van der Waals surface area contributed by atoms with Gasteiger partial charge in [-0.25, -0.2) is 19.2 Å². The largest absolute Gasteiger partial charge is 0.494 e. The normalized spacial score (nSPS) is 16.6. The van der Waals surface area contributed by atoms with Gasteiger partial charge in [0.1, 0.15) is 47.7 Å². The average molecular weight is 1250 g/mol. The number of benzene rings is 3. The molecule has 1 aliphatic heterocycles. The Bertz CT molecular complexity index is 2780. The number of unbranched alkanes of at least 4 members (excludes halogenated alkanes) is 6. The van der Waals surface area contributed by atoms with Crippen molar-refractivity contribution < 1.29 is 95.2 Å². The van der Waals surface area contributed by atoms with Gasteiger partial charge < -0.3 is 56.8 Å². The summed E-state index contributed by atoms with van der Waals surface area (Å²) in [5.41, 5.74) is -0.349. The molecule has 0 atom stereocenters. The minimum Gasteiger partial charge on any atom is -0.494 e. The molecule has 6 rings (SSSR count). The summed E-state index contributed by atoms with van der Waals surface area (Å²) in [5.74, 6) is -4.04. The molecule has 21 nitrogen and oxygen atoms in total. The van der Waals surface area contributed by atoms with Gasteiger partial charge in [0, 0.05) is 18.2 Å². The molecule has 88 heavy (non-hydrogen) atoms. The first kappa shape index (κ1) is 69.2. The van der Waals surface area contributed by atoms with Gasteiger partial charge in [0.05, 0.1) is 97.1 Å². The van der Waals surface area contributed by atoms with Crippen LogP contribution < -0.4 is 28.4 Å². The first-order valence-corrected chi connectivity index (χ1v) is 31.1. The Kier molecular flexibility index (Phi) is 30.2. The zero-order chi connectivity index (χ0) is 62.9. The highest BCUT2D eigenvalue weighted by atomic mass is 32.2. The summed E-state index contributed by atoms with van der Waals surface area (Å²) < 4.78 is 66.4. The Morgan fingerprint density at radius 2 is 0.727 bits per heavy atom. The van der Waals surface area contributed by atoms with Crippen LogP contribution in [0.2, 0.25) is 0 Å². The Hall–Kier alpha value is -7.91. The van der Waals surface area contributed by atoms with Gasteiger partial charge in [-0.15, -0.1) is 0 Å². The molecular formula is C65H75NO20S2. The molecule has 2 saturated carbocycles. The highest BCUT2D eigenvalue weighted by Crippen LogP contribution is 2.59. The minimum absolute atomic E-state index is 0.00535. The lowest BCUT2D eigenvalue weighted by Crippen LogP contribution is -2.30. The number of rotatable bonds is 37. The molecule has 0 saturated heterocycles. The van der Waals surface area contributed by atoms with Gasteiger partial charge in [0.15, 0.2) is 0 Å². The molecule has 0 radical (unpaired) electrons. The molecule has 0 aromatic heterocycles. The van der Waals surface area contributed by atoms with Gasteiger partial charge in [-0.2, -0.15) is 0 Å². The second-order valence-corrected chi connectivity index (χ2v) is 22.7. The highest BCUT2D eigenvalue weighted by molar-refractivity contribution is 8.24. The fraction of sp³-hybridized carbons (Fsp3) is 0.462. The Labute approximate surface area is 520 Å². The van der Waals surface area contributed by atoms with Gasteiger partial charge in [-0.3, -0.25) is 24.0 Å². The summed E-state index contributed by atoms with van der Waals surface area (Å²) in [6.07, 6.45) is 13.0. The van der Waals surface area contributed by atoms with Crippen LogP contribution in [0.5, 0.6) is 34.5 Å². The van der Waals surface area contributed by atoms with Crippen LogP contribution in [0.4, 0.5) is 0 Å². The van der Waals surface area contributed by atoms with E-state index in [2.05, 4.69) is 24.6 Å². The summed E-state index contributed by atoms with van der Waals surface area (Å²) in [7, 11) is 0. The van der Waals surface area contributed by atoms with Gasteiger partial charge in [-0.05, 0) is 163 Å².